The molecule has 1 amide bonds. The Labute approximate surface area is 234 Å². The van der Waals surface area contributed by atoms with Crippen LogP contribution in [0.25, 0.3) is 6.08 Å². The van der Waals surface area contributed by atoms with Gasteiger partial charge >= 0.3 is 0 Å². The predicted molar refractivity (Wildman–Crippen MR) is 154 cm³/mol. The van der Waals surface area contributed by atoms with Gasteiger partial charge in [-0.2, -0.15) is 0 Å². The lowest BCUT2D eigenvalue weighted by Crippen LogP contribution is -2.40. The van der Waals surface area contributed by atoms with Crippen molar-refractivity contribution in [3.05, 3.63) is 109 Å². The van der Waals surface area contributed by atoms with E-state index < -0.39 is 6.04 Å². The van der Waals surface area contributed by atoms with Gasteiger partial charge in [0.2, 0.25) is 0 Å². The Morgan fingerprint density at radius 3 is 2.67 bits per heavy atom. The van der Waals surface area contributed by atoms with Gasteiger partial charge in [-0.15, -0.1) is 0 Å². The zero-order valence-electron chi connectivity index (χ0n) is 22.1. The lowest BCUT2D eigenvalue weighted by molar-refractivity contribution is -0.113. The SMILES string of the molecule is COc1cccc([C@H]2C(C(=O)Nc3ccccc3)=C(C)N=c3sc(=Cc4ccc(N5CCOCC5)o4)c(=O)n32)c1. The van der Waals surface area contributed by atoms with Gasteiger partial charge in [-0.25, -0.2) is 4.99 Å². The number of carbonyl (C=O) groups excluding carboxylic acids is 1. The number of amides is 1. The van der Waals surface area contributed by atoms with E-state index in [2.05, 4.69) is 10.2 Å². The fourth-order valence-corrected chi connectivity index (χ4v) is 5.99. The molecule has 0 unspecified atom stereocenters. The fraction of sp³-hybridized carbons (Fsp3) is 0.233. The average molecular weight is 557 g/mol. The number of allylic oxidation sites excluding steroid dienone is 1. The summed E-state index contributed by atoms with van der Waals surface area (Å²) in [4.78, 5) is 34.9. The summed E-state index contributed by atoms with van der Waals surface area (Å²) >= 11 is 1.27. The Hall–Kier alpha value is -4.41. The molecule has 1 N–H and O–H groups in total. The molecule has 0 spiro atoms. The lowest BCUT2D eigenvalue weighted by atomic mass is 9.95. The van der Waals surface area contributed by atoms with Gasteiger partial charge in [0.1, 0.15) is 11.5 Å². The second-order valence-electron chi connectivity index (χ2n) is 9.45. The summed E-state index contributed by atoms with van der Waals surface area (Å²) in [6, 6.07) is 19.7. The van der Waals surface area contributed by atoms with E-state index >= 15 is 0 Å². The van der Waals surface area contributed by atoms with Crippen molar-refractivity contribution in [1.29, 1.82) is 0 Å². The number of ether oxygens (including phenoxy) is 2. The maximum atomic E-state index is 13.9. The number of aromatic nitrogens is 1. The van der Waals surface area contributed by atoms with Crippen molar-refractivity contribution in [3.63, 3.8) is 0 Å². The quantitative estimate of drug-likeness (QED) is 0.391. The minimum atomic E-state index is -0.697. The number of furan rings is 1. The monoisotopic (exact) mass is 556 g/mol. The van der Waals surface area contributed by atoms with E-state index in [0.29, 0.717) is 51.0 Å². The molecule has 1 saturated heterocycles. The molecule has 9 nitrogen and oxygen atoms in total. The summed E-state index contributed by atoms with van der Waals surface area (Å²) in [5.41, 5.74) is 2.08. The van der Waals surface area contributed by atoms with Crippen LogP contribution >= 0.6 is 11.3 Å². The zero-order valence-corrected chi connectivity index (χ0v) is 22.9. The van der Waals surface area contributed by atoms with Crippen LogP contribution in [0.1, 0.15) is 24.3 Å². The summed E-state index contributed by atoms with van der Waals surface area (Å²) in [5, 5.41) is 2.96. The molecule has 6 rings (SSSR count). The molecule has 4 aromatic rings. The number of hydrogen-bond donors (Lipinski definition) is 1. The Bertz CT molecular complexity index is 1760. The number of anilines is 2. The minimum absolute atomic E-state index is 0.251. The number of nitrogens with zero attached hydrogens (tertiary/aromatic N) is 3. The van der Waals surface area contributed by atoms with Crippen molar-refractivity contribution in [1.82, 2.24) is 4.57 Å². The highest BCUT2D eigenvalue weighted by molar-refractivity contribution is 7.07. The van der Waals surface area contributed by atoms with Crippen LogP contribution in [0.3, 0.4) is 0 Å². The first-order valence-electron chi connectivity index (χ1n) is 13.0. The second kappa shape index (κ2) is 11.0. The lowest BCUT2D eigenvalue weighted by Gasteiger charge is -2.26. The normalized spacial score (nSPS) is 17.4. The van der Waals surface area contributed by atoms with Crippen molar-refractivity contribution >= 4 is 34.9 Å². The van der Waals surface area contributed by atoms with Crippen molar-refractivity contribution in [3.8, 4) is 5.75 Å². The number of nitrogens with one attached hydrogen (secondary N) is 1. The van der Waals surface area contributed by atoms with Crippen LogP contribution in [-0.2, 0) is 9.53 Å². The van der Waals surface area contributed by atoms with Gasteiger partial charge < -0.3 is 24.1 Å². The van der Waals surface area contributed by atoms with Crippen LogP contribution in [0.2, 0.25) is 0 Å². The third kappa shape index (κ3) is 4.99. The van der Waals surface area contributed by atoms with Crippen molar-refractivity contribution in [2.24, 2.45) is 4.99 Å². The van der Waals surface area contributed by atoms with E-state index in [4.69, 9.17) is 18.9 Å². The number of thiazole rings is 1. The van der Waals surface area contributed by atoms with Crippen LogP contribution in [-0.4, -0.2) is 43.9 Å². The highest BCUT2D eigenvalue weighted by Crippen LogP contribution is 2.32. The number of para-hydroxylation sites is 1. The third-order valence-electron chi connectivity index (χ3n) is 6.92. The number of fused-ring (bicyclic) bond motifs is 1. The Morgan fingerprint density at radius 2 is 1.90 bits per heavy atom. The Balaban J connectivity index is 1.44. The molecule has 0 radical (unpaired) electrons. The van der Waals surface area contributed by atoms with E-state index in [-0.39, 0.29) is 11.5 Å². The van der Waals surface area contributed by atoms with Crippen LogP contribution in [0.5, 0.6) is 5.75 Å². The number of morpholine rings is 1. The zero-order chi connectivity index (χ0) is 27.6. The van der Waals surface area contributed by atoms with Gasteiger partial charge in [-0.1, -0.05) is 41.7 Å². The number of benzene rings is 2. The Morgan fingerprint density at radius 1 is 1.10 bits per heavy atom. The molecule has 4 heterocycles. The van der Waals surface area contributed by atoms with E-state index in [9.17, 15) is 9.59 Å². The molecule has 2 aliphatic rings. The molecule has 1 atom stereocenters. The summed E-state index contributed by atoms with van der Waals surface area (Å²) in [7, 11) is 1.59. The third-order valence-corrected chi connectivity index (χ3v) is 7.90. The van der Waals surface area contributed by atoms with Crippen molar-refractivity contribution in [2.45, 2.75) is 13.0 Å². The van der Waals surface area contributed by atoms with E-state index in [1.165, 1.54) is 11.3 Å². The molecule has 2 aromatic heterocycles. The summed E-state index contributed by atoms with van der Waals surface area (Å²) < 4.78 is 19.0. The van der Waals surface area contributed by atoms with E-state index in [1.807, 2.05) is 66.7 Å². The molecule has 40 heavy (non-hydrogen) atoms. The first kappa shape index (κ1) is 25.8. The van der Waals surface area contributed by atoms with E-state index in [0.717, 1.165) is 24.5 Å². The van der Waals surface area contributed by atoms with Gasteiger partial charge in [0.25, 0.3) is 11.5 Å². The van der Waals surface area contributed by atoms with Gasteiger partial charge in [-0.05, 0) is 42.8 Å². The maximum Gasteiger partial charge on any atom is 0.271 e. The van der Waals surface area contributed by atoms with Gasteiger partial charge in [0.15, 0.2) is 10.7 Å². The molecule has 2 aliphatic heterocycles. The highest BCUT2D eigenvalue weighted by Gasteiger charge is 2.33. The van der Waals surface area contributed by atoms with Gasteiger partial charge in [0, 0.05) is 30.9 Å². The first-order chi connectivity index (χ1) is 19.5. The first-order valence-corrected chi connectivity index (χ1v) is 13.8. The largest absolute Gasteiger partial charge is 0.497 e. The second-order valence-corrected chi connectivity index (χ2v) is 10.5. The number of hydrogen-bond acceptors (Lipinski definition) is 8. The topological polar surface area (TPSA) is 98.3 Å². The molecule has 0 aliphatic carbocycles. The van der Waals surface area contributed by atoms with Crippen LogP contribution < -0.4 is 29.8 Å². The summed E-state index contributed by atoms with van der Waals surface area (Å²) in [6.07, 6.45) is 1.74. The molecule has 204 valence electrons. The molecule has 10 heteroatoms. The molecule has 0 bridgehead atoms. The van der Waals surface area contributed by atoms with Gasteiger partial charge in [0.05, 0.1) is 42.2 Å². The smallest absolute Gasteiger partial charge is 0.271 e. The minimum Gasteiger partial charge on any atom is -0.497 e. The predicted octanol–water partition coefficient (Wildman–Crippen LogP) is 3.31. The van der Waals surface area contributed by atoms with Crippen LogP contribution in [0.4, 0.5) is 11.6 Å². The van der Waals surface area contributed by atoms with Crippen molar-refractivity contribution in [2.75, 3.05) is 43.6 Å². The molecular weight excluding hydrogens is 528 g/mol. The van der Waals surface area contributed by atoms with Gasteiger partial charge in [-0.3, -0.25) is 14.2 Å². The van der Waals surface area contributed by atoms with Crippen molar-refractivity contribution < 1.29 is 18.7 Å². The average Bonchev–Trinajstić information content (AvgIpc) is 3.57. The number of rotatable bonds is 6. The maximum absolute atomic E-state index is 13.9. The molecule has 0 saturated carbocycles. The molecule has 1 fully saturated rings. The van der Waals surface area contributed by atoms with Crippen LogP contribution in [0, 0.1) is 0 Å². The molecule has 2 aromatic carbocycles. The summed E-state index contributed by atoms with van der Waals surface area (Å²) in [5.74, 6) is 1.62. The van der Waals surface area contributed by atoms with E-state index in [1.54, 1.807) is 24.7 Å². The summed E-state index contributed by atoms with van der Waals surface area (Å²) in [6.45, 7) is 4.60. The number of methoxy groups -OCH3 is 1. The standard InChI is InChI=1S/C30H28N4O5S/c1-19-26(28(35)32-21-8-4-3-5-9-21)27(20-7-6-10-22(17-20)37-2)34-29(36)24(40-30(34)31-19)18-23-11-12-25(39-23)33-13-15-38-16-14-33/h3-12,17-18,27H,13-16H2,1-2H3,(H,32,35)/t27-/m0/s1. The Kier molecular flexibility index (Phi) is 7.10. The highest BCUT2D eigenvalue weighted by atomic mass is 32.1. The molecular formula is C30H28N4O5S. The number of carbonyl (C=O) groups is 1. The fourth-order valence-electron chi connectivity index (χ4n) is 4.96. The van der Waals surface area contributed by atoms with Crippen LogP contribution in [0.15, 0.2) is 92.2 Å².